The lowest BCUT2D eigenvalue weighted by molar-refractivity contribution is 0.246. The molecule has 1 fully saturated rings. The average molecular weight is 292 g/mol. The second-order valence-corrected chi connectivity index (χ2v) is 6.43. The highest BCUT2D eigenvalue weighted by Crippen LogP contribution is 2.37. The number of aliphatic hydroxyl groups is 1. The van der Waals surface area contributed by atoms with Gasteiger partial charge in [0.15, 0.2) is 0 Å². The van der Waals surface area contributed by atoms with E-state index in [1.54, 1.807) is 0 Å². The summed E-state index contributed by atoms with van der Waals surface area (Å²) in [5.74, 6) is 0.184. The maximum absolute atomic E-state index is 12.2. The summed E-state index contributed by atoms with van der Waals surface area (Å²) in [6.07, 6.45) is 1.28. The molecule has 5 nitrogen and oxygen atoms in total. The van der Waals surface area contributed by atoms with Crippen LogP contribution < -0.4 is 9.46 Å². The lowest BCUT2D eigenvalue weighted by Gasteiger charge is -2.16. The number of aliphatic hydroxyl groups excluding tert-OH is 1. The van der Waals surface area contributed by atoms with E-state index in [0.29, 0.717) is 17.9 Å². The predicted octanol–water partition coefficient (Wildman–Crippen LogP) is 1.15. The van der Waals surface area contributed by atoms with E-state index < -0.39 is 15.6 Å². The van der Waals surface area contributed by atoms with E-state index in [4.69, 9.17) is 21.4 Å². The van der Waals surface area contributed by atoms with Crippen LogP contribution in [0.3, 0.4) is 0 Å². The minimum absolute atomic E-state index is 0.0223. The van der Waals surface area contributed by atoms with Crippen molar-refractivity contribution in [2.24, 2.45) is 0 Å². The molecule has 0 saturated heterocycles. The highest BCUT2D eigenvalue weighted by molar-refractivity contribution is 7.89. The Hall–Kier alpha value is -0.820. The molecule has 0 bridgehead atoms. The predicted molar refractivity (Wildman–Crippen MR) is 67.4 cm³/mol. The Labute approximate surface area is 111 Å². The van der Waals surface area contributed by atoms with Gasteiger partial charge >= 0.3 is 0 Å². The number of hydrogen-bond acceptors (Lipinski definition) is 4. The molecule has 7 heteroatoms. The zero-order valence-corrected chi connectivity index (χ0v) is 11.4. The lowest BCUT2D eigenvalue weighted by atomic mass is 10.3. The molecule has 0 heterocycles. The van der Waals surface area contributed by atoms with Crippen LogP contribution in [0.4, 0.5) is 0 Å². The molecule has 0 spiro atoms. The van der Waals surface area contributed by atoms with Crippen LogP contribution >= 0.6 is 11.6 Å². The van der Waals surface area contributed by atoms with E-state index >= 15 is 0 Å². The van der Waals surface area contributed by atoms with Gasteiger partial charge in [0.05, 0.1) is 19.3 Å². The van der Waals surface area contributed by atoms with Gasteiger partial charge in [-0.3, -0.25) is 0 Å². The van der Waals surface area contributed by atoms with Crippen molar-refractivity contribution in [2.45, 2.75) is 23.3 Å². The minimum Gasteiger partial charge on any atom is -0.495 e. The van der Waals surface area contributed by atoms with E-state index in [0.717, 1.165) is 0 Å². The molecule has 1 aromatic carbocycles. The van der Waals surface area contributed by atoms with Crippen LogP contribution in [0.15, 0.2) is 23.1 Å². The number of halogens is 1. The van der Waals surface area contributed by atoms with Crippen molar-refractivity contribution in [1.29, 1.82) is 0 Å². The summed E-state index contributed by atoms with van der Waals surface area (Å²) in [4.78, 5) is 0.0223. The summed E-state index contributed by atoms with van der Waals surface area (Å²) >= 11 is 5.78. The number of methoxy groups -OCH3 is 1. The maximum Gasteiger partial charge on any atom is 0.244 e. The largest absolute Gasteiger partial charge is 0.495 e. The highest BCUT2D eigenvalue weighted by Gasteiger charge is 2.46. The van der Waals surface area contributed by atoms with Crippen molar-refractivity contribution in [3.05, 3.63) is 23.2 Å². The Morgan fingerprint density at radius 1 is 1.50 bits per heavy atom. The standard InChI is InChI=1S/C11H14ClNO4S/c1-17-9-6-8(12)2-3-10(9)18(15,16)13-11(7-14)4-5-11/h2-3,6,13-14H,4-5,7H2,1H3. The summed E-state index contributed by atoms with van der Waals surface area (Å²) in [5.41, 5.74) is -0.705. The first-order valence-corrected chi connectivity index (χ1v) is 7.27. The molecule has 1 aliphatic rings. The number of ether oxygens (including phenoxy) is 1. The third-order valence-corrected chi connectivity index (χ3v) is 4.78. The monoisotopic (exact) mass is 291 g/mol. The Kier molecular flexibility index (Phi) is 3.55. The van der Waals surface area contributed by atoms with Crippen LogP contribution in [0, 0.1) is 0 Å². The molecule has 0 unspecified atom stereocenters. The first-order valence-electron chi connectivity index (χ1n) is 5.41. The van der Waals surface area contributed by atoms with Gasteiger partial charge in [-0.25, -0.2) is 13.1 Å². The van der Waals surface area contributed by atoms with Crippen molar-refractivity contribution in [1.82, 2.24) is 4.72 Å². The molecule has 0 radical (unpaired) electrons. The van der Waals surface area contributed by atoms with Gasteiger partial charge in [-0.15, -0.1) is 0 Å². The van der Waals surface area contributed by atoms with Gasteiger partial charge in [-0.05, 0) is 25.0 Å². The zero-order chi connectivity index (χ0) is 13.4. The third-order valence-electron chi connectivity index (χ3n) is 2.92. The van der Waals surface area contributed by atoms with Gasteiger partial charge in [0.25, 0.3) is 0 Å². The summed E-state index contributed by atoms with van der Waals surface area (Å²) in [5, 5.41) is 9.56. The molecule has 0 amide bonds. The molecular weight excluding hydrogens is 278 g/mol. The summed E-state index contributed by atoms with van der Waals surface area (Å²) in [7, 11) is -2.34. The zero-order valence-electron chi connectivity index (χ0n) is 9.81. The first-order chi connectivity index (χ1) is 8.42. The number of nitrogens with one attached hydrogen (secondary N) is 1. The third kappa shape index (κ3) is 2.61. The number of hydrogen-bond donors (Lipinski definition) is 2. The molecule has 2 rings (SSSR count). The second-order valence-electron chi connectivity index (χ2n) is 4.34. The fourth-order valence-electron chi connectivity index (χ4n) is 1.65. The van der Waals surface area contributed by atoms with Gasteiger partial charge in [0, 0.05) is 11.1 Å². The smallest absolute Gasteiger partial charge is 0.244 e. The quantitative estimate of drug-likeness (QED) is 0.853. The summed E-state index contributed by atoms with van der Waals surface area (Å²) in [6.45, 7) is -0.206. The summed E-state index contributed by atoms with van der Waals surface area (Å²) < 4.78 is 31.9. The Morgan fingerprint density at radius 3 is 2.67 bits per heavy atom. The molecule has 1 saturated carbocycles. The Balaban J connectivity index is 2.35. The Bertz CT molecular complexity index is 554. The molecular formula is C11H14ClNO4S. The second kappa shape index (κ2) is 4.70. The minimum atomic E-state index is -3.72. The van der Waals surface area contributed by atoms with Crippen molar-refractivity contribution in [2.75, 3.05) is 13.7 Å². The number of benzene rings is 1. The van der Waals surface area contributed by atoms with Gasteiger partial charge in [0.1, 0.15) is 10.6 Å². The van der Waals surface area contributed by atoms with Crippen molar-refractivity contribution in [3.8, 4) is 5.75 Å². The van der Waals surface area contributed by atoms with Crippen LogP contribution in [0.2, 0.25) is 5.02 Å². The normalized spacial score (nSPS) is 17.5. The highest BCUT2D eigenvalue weighted by atomic mass is 35.5. The van der Waals surface area contributed by atoms with E-state index in [1.807, 2.05) is 0 Å². The van der Waals surface area contributed by atoms with Gasteiger partial charge in [-0.2, -0.15) is 0 Å². The number of rotatable bonds is 5. The van der Waals surface area contributed by atoms with E-state index in [9.17, 15) is 8.42 Å². The molecule has 0 aromatic heterocycles. The van der Waals surface area contributed by atoms with Crippen molar-refractivity contribution in [3.63, 3.8) is 0 Å². The van der Waals surface area contributed by atoms with Crippen LogP contribution in [-0.4, -0.2) is 32.8 Å². The van der Waals surface area contributed by atoms with Crippen LogP contribution in [-0.2, 0) is 10.0 Å². The molecule has 100 valence electrons. The van der Waals surface area contributed by atoms with E-state index in [-0.39, 0.29) is 17.3 Å². The fraction of sp³-hybridized carbons (Fsp3) is 0.455. The summed E-state index contributed by atoms with van der Waals surface area (Å²) in [6, 6.07) is 4.31. The Morgan fingerprint density at radius 2 is 2.17 bits per heavy atom. The van der Waals surface area contributed by atoms with Gasteiger partial charge < -0.3 is 9.84 Å². The molecule has 18 heavy (non-hydrogen) atoms. The lowest BCUT2D eigenvalue weighted by Crippen LogP contribution is -2.39. The topological polar surface area (TPSA) is 75.6 Å². The van der Waals surface area contributed by atoms with Crippen LogP contribution in [0.25, 0.3) is 0 Å². The van der Waals surface area contributed by atoms with Crippen molar-refractivity contribution < 1.29 is 18.3 Å². The number of sulfonamides is 1. The van der Waals surface area contributed by atoms with Crippen LogP contribution in [0.5, 0.6) is 5.75 Å². The fourth-order valence-corrected chi connectivity index (χ4v) is 3.41. The first kappa shape index (κ1) is 13.6. The van der Waals surface area contributed by atoms with Crippen LogP contribution in [0.1, 0.15) is 12.8 Å². The average Bonchev–Trinajstić information content (AvgIpc) is 3.08. The molecule has 0 aliphatic heterocycles. The van der Waals surface area contributed by atoms with E-state index in [2.05, 4.69) is 4.72 Å². The van der Waals surface area contributed by atoms with Crippen molar-refractivity contribution >= 4 is 21.6 Å². The molecule has 2 N–H and O–H groups in total. The maximum atomic E-state index is 12.2. The molecule has 0 atom stereocenters. The molecule has 1 aromatic rings. The van der Waals surface area contributed by atoms with Gasteiger partial charge in [0.2, 0.25) is 10.0 Å². The SMILES string of the molecule is COc1cc(Cl)ccc1S(=O)(=O)NC1(CO)CC1. The van der Waals surface area contributed by atoms with Gasteiger partial charge in [-0.1, -0.05) is 11.6 Å². The van der Waals surface area contributed by atoms with E-state index in [1.165, 1.54) is 25.3 Å². The molecule has 1 aliphatic carbocycles.